The van der Waals surface area contributed by atoms with E-state index in [-0.39, 0.29) is 18.2 Å². The second-order valence-electron chi connectivity index (χ2n) is 6.78. The molecule has 2 aromatic carbocycles. The molecule has 0 fully saturated rings. The number of benzene rings is 2. The molecule has 0 radical (unpaired) electrons. The molecule has 0 bridgehead atoms. The number of hydrogen-bond donors (Lipinski definition) is 1. The Morgan fingerprint density at radius 3 is 2.50 bits per heavy atom. The minimum Gasteiger partial charge on any atom is -0.354 e. The number of carbonyl (C=O) groups is 2. The van der Waals surface area contributed by atoms with E-state index in [1.807, 2.05) is 36.4 Å². The third-order valence-electron chi connectivity index (χ3n) is 4.51. The lowest BCUT2D eigenvalue weighted by molar-refractivity contribution is -0.140. The van der Waals surface area contributed by atoms with Gasteiger partial charge in [-0.2, -0.15) is 0 Å². The molecule has 1 N–H and O–H groups in total. The summed E-state index contributed by atoms with van der Waals surface area (Å²) in [5.41, 5.74) is 1.83. The van der Waals surface area contributed by atoms with Crippen LogP contribution in [0.1, 0.15) is 37.8 Å². The van der Waals surface area contributed by atoms with Crippen LogP contribution in [0.4, 0.5) is 0 Å². The smallest absolute Gasteiger partial charge is 0.242 e. The van der Waals surface area contributed by atoms with Crippen molar-refractivity contribution in [2.24, 2.45) is 0 Å². The molecular weight excluding hydrogens is 440 g/mol. The minimum absolute atomic E-state index is 0.0968. The van der Waals surface area contributed by atoms with E-state index in [2.05, 4.69) is 28.2 Å². The minimum atomic E-state index is -0.560. The van der Waals surface area contributed by atoms with Crippen molar-refractivity contribution in [2.75, 3.05) is 6.54 Å². The number of nitrogens with one attached hydrogen (secondary N) is 1. The standard InChI is InChI=1S/C22H26BrClN2O2/c1-3-4-12-25-22(28)16(2)26(15-18-6-5-7-19(23)13-18)21(27)14-17-8-10-20(24)11-9-17/h5-11,13,16H,3-4,12,14-15H2,1-2H3,(H,25,28)/t16-/m1/s1. The van der Waals surface area contributed by atoms with Crippen molar-refractivity contribution in [3.05, 3.63) is 69.2 Å². The Bertz CT molecular complexity index is 795. The lowest BCUT2D eigenvalue weighted by Gasteiger charge is -2.29. The van der Waals surface area contributed by atoms with Crippen LogP contribution in [0, 0.1) is 0 Å². The second-order valence-corrected chi connectivity index (χ2v) is 8.13. The molecule has 0 heterocycles. The molecule has 150 valence electrons. The first-order chi connectivity index (χ1) is 13.4. The van der Waals surface area contributed by atoms with Crippen molar-refractivity contribution in [2.45, 2.75) is 45.7 Å². The van der Waals surface area contributed by atoms with Crippen molar-refractivity contribution in [3.63, 3.8) is 0 Å². The zero-order valence-electron chi connectivity index (χ0n) is 16.3. The van der Waals surface area contributed by atoms with E-state index in [0.29, 0.717) is 18.1 Å². The van der Waals surface area contributed by atoms with Gasteiger partial charge in [0.2, 0.25) is 11.8 Å². The first-order valence-corrected chi connectivity index (χ1v) is 10.6. The summed E-state index contributed by atoms with van der Waals surface area (Å²) in [7, 11) is 0. The van der Waals surface area contributed by atoms with E-state index < -0.39 is 6.04 Å². The van der Waals surface area contributed by atoms with Crippen LogP contribution >= 0.6 is 27.5 Å². The Balaban J connectivity index is 2.17. The highest BCUT2D eigenvalue weighted by Gasteiger charge is 2.26. The first kappa shape index (κ1) is 22.4. The fourth-order valence-electron chi connectivity index (χ4n) is 2.83. The Morgan fingerprint density at radius 1 is 1.14 bits per heavy atom. The van der Waals surface area contributed by atoms with Crippen molar-refractivity contribution in [1.29, 1.82) is 0 Å². The zero-order valence-corrected chi connectivity index (χ0v) is 18.6. The van der Waals surface area contributed by atoms with E-state index >= 15 is 0 Å². The fourth-order valence-corrected chi connectivity index (χ4v) is 3.40. The molecule has 0 aromatic heterocycles. The zero-order chi connectivity index (χ0) is 20.5. The molecule has 2 rings (SSSR count). The Morgan fingerprint density at radius 2 is 1.86 bits per heavy atom. The van der Waals surface area contributed by atoms with Crippen LogP contribution in [0.15, 0.2) is 53.0 Å². The lowest BCUT2D eigenvalue weighted by Crippen LogP contribution is -2.48. The van der Waals surface area contributed by atoms with Crippen LogP contribution in [-0.4, -0.2) is 29.3 Å². The van der Waals surface area contributed by atoms with Gasteiger partial charge < -0.3 is 10.2 Å². The average Bonchev–Trinajstić information content (AvgIpc) is 2.67. The highest BCUT2D eigenvalue weighted by Crippen LogP contribution is 2.17. The predicted octanol–water partition coefficient (Wildman–Crippen LogP) is 4.98. The maximum absolute atomic E-state index is 13.1. The SMILES string of the molecule is CCCCNC(=O)[C@@H](C)N(Cc1cccc(Br)c1)C(=O)Cc1ccc(Cl)cc1. The van der Waals surface area contributed by atoms with Gasteiger partial charge in [0.1, 0.15) is 6.04 Å². The van der Waals surface area contributed by atoms with Crippen LogP contribution in [0.2, 0.25) is 5.02 Å². The summed E-state index contributed by atoms with van der Waals surface area (Å²) in [4.78, 5) is 27.3. The third kappa shape index (κ3) is 6.95. The van der Waals surface area contributed by atoms with Crippen LogP contribution in [0.3, 0.4) is 0 Å². The number of amides is 2. The van der Waals surface area contributed by atoms with Gasteiger partial charge in [-0.1, -0.05) is 65.1 Å². The van der Waals surface area contributed by atoms with E-state index in [0.717, 1.165) is 28.4 Å². The maximum atomic E-state index is 13.1. The van der Waals surface area contributed by atoms with Crippen molar-refractivity contribution >= 4 is 39.3 Å². The van der Waals surface area contributed by atoms with Gasteiger partial charge in [-0.3, -0.25) is 9.59 Å². The highest BCUT2D eigenvalue weighted by atomic mass is 79.9. The average molecular weight is 466 g/mol. The molecule has 28 heavy (non-hydrogen) atoms. The summed E-state index contributed by atoms with van der Waals surface area (Å²) in [6.07, 6.45) is 2.15. The Labute approximate surface area is 180 Å². The summed E-state index contributed by atoms with van der Waals surface area (Å²) < 4.78 is 0.940. The number of hydrogen-bond acceptors (Lipinski definition) is 2. The molecule has 2 aromatic rings. The number of nitrogens with zero attached hydrogens (tertiary/aromatic N) is 1. The van der Waals surface area contributed by atoms with Crippen LogP contribution in [0.5, 0.6) is 0 Å². The lowest BCUT2D eigenvalue weighted by atomic mass is 10.1. The van der Waals surface area contributed by atoms with Gasteiger partial charge in [0.05, 0.1) is 6.42 Å². The molecule has 0 spiro atoms. The van der Waals surface area contributed by atoms with Gasteiger partial charge in [0.25, 0.3) is 0 Å². The van der Waals surface area contributed by atoms with E-state index in [4.69, 9.17) is 11.6 Å². The van der Waals surface area contributed by atoms with Crippen LogP contribution < -0.4 is 5.32 Å². The Hall–Kier alpha value is -1.85. The van der Waals surface area contributed by atoms with E-state index in [1.54, 1.807) is 24.0 Å². The van der Waals surface area contributed by atoms with Crippen LogP contribution in [0.25, 0.3) is 0 Å². The normalized spacial score (nSPS) is 11.7. The summed E-state index contributed by atoms with van der Waals surface area (Å²) in [5.74, 6) is -0.228. The number of unbranched alkanes of at least 4 members (excludes halogenated alkanes) is 1. The summed E-state index contributed by atoms with van der Waals surface area (Å²) in [6, 6.07) is 14.4. The van der Waals surface area contributed by atoms with Gasteiger partial charge in [0.15, 0.2) is 0 Å². The predicted molar refractivity (Wildman–Crippen MR) is 117 cm³/mol. The molecule has 0 aliphatic rings. The summed E-state index contributed by atoms with van der Waals surface area (Å²) in [5, 5.41) is 3.56. The highest BCUT2D eigenvalue weighted by molar-refractivity contribution is 9.10. The van der Waals surface area contributed by atoms with Crippen molar-refractivity contribution in [3.8, 4) is 0 Å². The monoisotopic (exact) mass is 464 g/mol. The quantitative estimate of drug-likeness (QED) is 0.531. The maximum Gasteiger partial charge on any atom is 0.242 e. The molecule has 0 unspecified atom stereocenters. The van der Waals surface area contributed by atoms with Crippen LogP contribution in [-0.2, 0) is 22.6 Å². The third-order valence-corrected chi connectivity index (χ3v) is 5.25. The first-order valence-electron chi connectivity index (χ1n) is 9.46. The fraction of sp³-hybridized carbons (Fsp3) is 0.364. The number of rotatable bonds is 9. The molecule has 0 saturated carbocycles. The number of carbonyl (C=O) groups excluding carboxylic acids is 2. The summed E-state index contributed by atoms with van der Waals surface area (Å²) >= 11 is 9.40. The molecule has 0 aliphatic carbocycles. The van der Waals surface area contributed by atoms with Crippen molar-refractivity contribution in [1.82, 2.24) is 10.2 Å². The topological polar surface area (TPSA) is 49.4 Å². The van der Waals surface area contributed by atoms with Gasteiger partial charge in [0, 0.05) is 22.6 Å². The molecule has 2 amide bonds. The molecule has 0 saturated heterocycles. The van der Waals surface area contributed by atoms with Gasteiger partial charge in [-0.15, -0.1) is 0 Å². The molecule has 0 aliphatic heterocycles. The molecule has 4 nitrogen and oxygen atoms in total. The Kier molecular flexibility index (Phi) is 9.00. The second kappa shape index (κ2) is 11.2. The van der Waals surface area contributed by atoms with E-state index in [9.17, 15) is 9.59 Å². The van der Waals surface area contributed by atoms with Gasteiger partial charge in [-0.25, -0.2) is 0 Å². The number of halogens is 2. The van der Waals surface area contributed by atoms with Gasteiger partial charge in [-0.05, 0) is 48.7 Å². The molecule has 1 atom stereocenters. The largest absolute Gasteiger partial charge is 0.354 e. The van der Waals surface area contributed by atoms with E-state index in [1.165, 1.54) is 0 Å². The van der Waals surface area contributed by atoms with Gasteiger partial charge >= 0.3 is 0 Å². The summed E-state index contributed by atoms with van der Waals surface area (Å²) in [6.45, 7) is 4.84. The molecular formula is C22H26BrClN2O2. The molecule has 6 heteroatoms. The van der Waals surface area contributed by atoms with Crippen molar-refractivity contribution < 1.29 is 9.59 Å².